The first-order valence-corrected chi connectivity index (χ1v) is 8.83. The molecule has 1 unspecified atom stereocenters. The number of benzene rings is 1. The van der Waals surface area contributed by atoms with Crippen molar-refractivity contribution >= 4 is 15.9 Å². The van der Waals surface area contributed by atoms with Crippen LogP contribution in [0.2, 0.25) is 0 Å². The van der Waals surface area contributed by atoms with Crippen LogP contribution in [-0.2, 0) is 0 Å². The molecule has 0 fully saturated rings. The smallest absolute Gasteiger partial charge is 0.0443 e. The summed E-state index contributed by atoms with van der Waals surface area (Å²) < 4.78 is 1.18. The van der Waals surface area contributed by atoms with Gasteiger partial charge < -0.3 is 15.3 Å². The van der Waals surface area contributed by atoms with Crippen molar-refractivity contribution in [3.05, 3.63) is 34.3 Å². The number of aliphatic hydroxyl groups excluding tert-OH is 1. The predicted molar refractivity (Wildman–Crippen MR) is 93.6 cm³/mol. The fourth-order valence-electron chi connectivity index (χ4n) is 2.48. The molecule has 0 aliphatic carbocycles. The molecule has 0 aliphatic heterocycles. The topological polar surface area (TPSA) is 35.5 Å². The molecule has 0 amide bonds. The zero-order valence-electron chi connectivity index (χ0n) is 13.3. The maximum atomic E-state index is 8.97. The van der Waals surface area contributed by atoms with Gasteiger partial charge in [-0.15, -0.1) is 0 Å². The van der Waals surface area contributed by atoms with Gasteiger partial charge in [0, 0.05) is 23.7 Å². The van der Waals surface area contributed by atoms with Crippen molar-refractivity contribution in [1.29, 1.82) is 0 Å². The zero-order chi connectivity index (χ0) is 15.5. The fourth-order valence-corrected chi connectivity index (χ4v) is 3.04. The summed E-state index contributed by atoms with van der Waals surface area (Å²) in [6, 6.07) is 8.85. The third kappa shape index (κ3) is 6.92. The third-order valence-electron chi connectivity index (χ3n) is 3.74. The molecule has 1 aromatic rings. The summed E-state index contributed by atoms with van der Waals surface area (Å²) in [6.07, 6.45) is 3.08. The quantitative estimate of drug-likeness (QED) is 0.635. The molecule has 1 atom stereocenters. The van der Waals surface area contributed by atoms with Gasteiger partial charge in [-0.1, -0.05) is 48.0 Å². The van der Waals surface area contributed by atoms with E-state index in [1.165, 1.54) is 10.0 Å². The lowest BCUT2D eigenvalue weighted by molar-refractivity contribution is 0.222. The molecule has 0 aliphatic rings. The molecule has 1 rings (SSSR count). The van der Waals surface area contributed by atoms with Gasteiger partial charge >= 0.3 is 0 Å². The van der Waals surface area contributed by atoms with E-state index in [1.54, 1.807) is 0 Å². The van der Waals surface area contributed by atoms with E-state index in [9.17, 15) is 0 Å². The van der Waals surface area contributed by atoms with Gasteiger partial charge in [0.1, 0.15) is 0 Å². The molecule has 0 spiro atoms. The average Bonchev–Trinajstić information content (AvgIpc) is 2.51. The molecule has 0 aromatic heterocycles. The van der Waals surface area contributed by atoms with Gasteiger partial charge in [0.25, 0.3) is 0 Å². The normalized spacial score (nSPS) is 12.8. The third-order valence-corrected chi connectivity index (χ3v) is 4.46. The van der Waals surface area contributed by atoms with Gasteiger partial charge in [-0.25, -0.2) is 0 Å². The monoisotopic (exact) mass is 356 g/mol. The Hall–Kier alpha value is -0.420. The second-order valence-corrected chi connectivity index (χ2v) is 6.18. The maximum absolute atomic E-state index is 8.97. The fraction of sp³-hybridized carbons (Fsp3) is 0.647. The molecule has 21 heavy (non-hydrogen) atoms. The lowest BCUT2D eigenvalue weighted by Crippen LogP contribution is -2.31. The van der Waals surface area contributed by atoms with Crippen LogP contribution in [0.15, 0.2) is 28.7 Å². The van der Waals surface area contributed by atoms with Crippen LogP contribution >= 0.6 is 15.9 Å². The van der Waals surface area contributed by atoms with E-state index >= 15 is 0 Å². The van der Waals surface area contributed by atoms with Gasteiger partial charge in [-0.2, -0.15) is 0 Å². The molecule has 3 nitrogen and oxygen atoms in total. The minimum atomic E-state index is 0.276. The number of hydrogen-bond donors (Lipinski definition) is 2. The van der Waals surface area contributed by atoms with Crippen molar-refractivity contribution in [2.75, 3.05) is 32.8 Å². The molecule has 0 saturated carbocycles. The van der Waals surface area contributed by atoms with Crippen molar-refractivity contribution in [2.24, 2.45) is 0 Å². The second-order valence-electron chi connectivity index (χ2n) is 5.33. The zero-order valence-corrected chi connectivity index (χ0v) is 14.9. The Morgan fingerprint density at radius 1 is 1.24 bits per heavy atom. The lowest BCUT2D eigenvalue weighted by atomic mass is 10.0. The van der Waals surface area contributed by atoms with E-state index in [2.05, 4.69) is 64.3 Å². The Bertz CT molecular complexity index is 387. The highest BCUT2D eigenvalue weighted by Crippen LogP contribution is 2.25. The van der Waals surface area contributed by atoms with Gasteiger partial charge in [0.05, 0.1) is 0 Å². The summed E-state index contributed by atoms with van der Waals surface area (Å²) in [5.74, 6) is 0. The summed E-state index contributed by atoms with van der Waals surface area (Å²) in [7, 11) is 0. The maximum Gasteiger partial charge on any atom is 0.0443 e. The van der Waals surface area contributed by atoms with Crippen molar-refractivity contribution < 1.29 is 5.11 Å². The second kappa shape index (κ2) is 11.2. The summed E-state index contributed by atoms with van der Waals surface area (Å²) >= 11 is 3.67. The predicted octanol–water partition coefficient (Wildman–Crippen LogP) is 3.58. The highest BCUT2D eigenvalue weighted by molar-refractivity contribution is 9.10. The van der Waals surface area contributed by atoms with Crippen LogP contribution in [0.25, 0.3) is 0 Å². The van der Waals surface area contributed by atoms with Crippen LogP contribution in [0.4, 0.5) is 0 Å². The number of nitrogens with one attached hydrogen (secondary N) is 1. The molecule has 2 N–H and O–H groups in total. The minimum absolute atomic E-state index is 0.276. The van der Waals surface area contributed by atoms with Gasteiger partial charge in [-0.05, 0) is 50.5 Å². The SMILES string of the molecule is CCCNC(CCN(CC)CCCO)c1ccccc1Br. The van der Waals surface area contributed by atoms with Crippen LogP contribution < -0.4 is 5.32 Å². The Morgan fingerprint density at radius 2 is 2.00 bits per heavy atom. The highest BCUT2D eigenvalue weighted by atomic mass is 79.9. The van der Waals surface area contributed by atoms with E-state index in [-0.39, 0.29) is 6.61 Å². The van der Waals surface area contributed by atoms with E-state index in [4.69, 9.17) is 5.11 Å². The first kappa shape index (κ1) is 18.6. The molecule has 0 heterocycles. The van der Waals surface area contributed by atoms with Crippen molar-refractivity contribution in [3.8, 4) is 0 Å². The molecule has 0 bridgehead atoms. The van der Waals surface area contributed by atoms with Crippen LogP contribution in [-0.4, -0.2) is 42.8 Å². The lowest BCUT2D eigenvalue weighted by Gasteiger charge is -2.25. The molecule has 0 radical (unpaired) electrons. The molecular weight excluding hydrogens is 328 g/mol. The molecular formula is C17H29BrN2O. The molecule has 1 aromatic carbocycles. The summed E-state index contributed by atoms with van der Waals surface area (Å²) in [4.78, 5) is 2.41. The van der Waals surface area contributed by atoms with Crippen LogP contribution in [0.3, 0.4) is 0 Å². The van der Waals surface area contributed by atoms with E-state index in [0.717, 1.165) is 45.4 Å². The highest BCUT2D eigenvalue weighted by Gasteiger charge is 2.14. The number of aliphatic hydroxyl groups is 1. The molecule has 4 heteroatoms. The van der Waals surface area contributed by atoms with E-state index in [0.29, 0.717) is 6.04 Å². The van der Waals surface area contributed by atoms with Gasteiger partial charge in [0.15, 0.2) is 0 Å². The first-order chi connectivity index (χ1) is 10.2. The van der Waals surface area contributed by atoms with E-state index in [1.807, 2.05) is 0 Å². The van der Waals surface area contributed by atoms with Gasteiger partial charge in [-0.3, -0.25) is 0 Å². The van der Waals surface area contributed by atoms with Crippen LogP contribution in [0, 0.1) is 0 Å². The Balaban J connectivity index is 2.63. The summed E-state index contributed by atoms with van der Waals surface area (Å²) in [5, 5.41) is 12.6. The summed E-state index contributed by atoms with van der Waals surface area (Å²) in [6.45, 7) is 8.76. The van der Waals surface area contributed by atoms with Crippen LogP contribution in [0.5, 0.6) is 0 Å². The summed E-state index contributed by atoms with van der Waals surface area (Å²) in [5.41, 5.74) is 1.34. The standard InChI is InChI=1S/C17H29BrN2O/c1-3-11-19-17(15-8-5-6-9-16(15)18)10-13-20(4-2)12-7-14-21/h5-6,8-9,17,19,21H,3-4,7,10-14H2,1-2H3. The molecule has 0 saturated heterocycles. The number of hydrogen-bond acceptors (Lipinski definition) is 3. The van der Waals surface area contributed by atoms with Crippen LogP contribution in [0.1, 0.15) is 44.7 Å². The number of nitrogens with zero attached hydrogens (tertiary/aromatic N) is 1. The minimum Gasteiger partial charge on any atom is -0.396 e. The first-order valence-electron chi connectivity index (χ1n) is 8.03. The largest absolute Gasteiger partial charge is 0.396 e. The van der Waals surface area contributed by atoms with Crippen molar-refractivity contribution in [3.63, 3.8) is 0 Å². The number of halogens is 1. The Kier molecular flexibility index (Phi) is 9.92. The Morgan fingerprint density at radius 3 is 2.62 bits per heavy atom. The Labute approximate surface area is 137 Å². The van der Waals surface area contributed by atoms with Crippen molar-refractivity contribution in [2.45, 2.75) is 39.2 Å². The van der Waals surface area contributed by atoms with E-state index < -0.39 is 0 Å². The van der Waals surface area contributed by atoms with Crippen molar-refractivity contribution in [1.82, 2.24) is 10.2 Å². The van der Waals surface area contributed by atoms with Gasteiger partial charge in [0.2, 0.25) is 0 Å². The molecule has 120 valence electrons. The average molecular weight is 357 g/mol. The number of rotatable bonds is 11.